The Morgan fingerprint density at radius 3 is 2.32 bits per heavy atom. The number of nitro groups is 1. The number of nitrogens with one attached hydrogen (secondary N) is 1. The Labute approximate surface area is 161 Å². The number of nitro benzene ring substituents is 1. The molecule has 1 N–H and O–H groups in total. The van der Waals surface area contributed by atoms with Gasteiger partial charge in [0.25, 0.3) is 0 Å². The maximum Gasteiger partial charge on any atom is 0.315 e. The second-order valence-corrected chi connectivity index (χ2v) is 5.94. The van der Waals surface area contributed by atoms with Crippen LogP contribution in [0.15, 0.2) is 24.3 Å². The Kier molecular flexibility index (Phi) is 5.53. The van der Waals surface area contributed by atoms with E-state index in [2.05, 4.69) is 9.97 Å². The molecule has 0 aliphatic carbocycles. The van der Waals surface area contributed by atoms with Gasteiger partial charge in [-0.25, -0.2) is 4.98 Å². The first-order valence-electron chi connectivity index (χ1n) is 8.63. The van der Waals surface area contributed by atoms with Gasteiger partial charge in [-0.1, -0.05) is 6.92 Å². The highest BCUT2D eigenvalue weighted by atomic mass is 16.6. The van der Waals surface area contributed by atoms with Crippen molar-refractivity contribution in [1.82, 2.24) is 9.97 Å². The quantitative estimate of drug-likeness (QED) is 0.460. The van der Waals surface area contributed by atoms with Crippen LogP contribution >= 0.6 is 0 Å². The lowest BCUT2D eigenvalue weighted by atomic mass is 10.1. The molecule has 0 saturated heterocycles. The summed E-state index contributed by atoms with van der Waals surface area (Å²) in [5.41, 5.74) is 1.67. The highest BCUT2D eigenvalue weighted by Crippen LogP contribution is 2.41. The second-order valence-electron chi connectivity index (χ2n) is 5.94. The lowest BCUT2D eigenvalue weighted by Crippen LogP contribution is -2.02. The molecule has 0 spiro atoms. The largest absolute Gasteiger partial charge is 0.493 e. The molecule has 0 aliphatic rings. The molecule has 9 nitrogen and oxygen atoms in total. The molecule has 3 aromatic rings. The first-order valence-corrected chi connectivity index (χ1v) is 8.63. The molecule has 0 unspecified atom stereocenters. The molecule has 3 rings (SSSR count). The van der Waals surface area contributed by atoms with Crippen LogP contribution in [0.3, 0.4) is 0 Å². The van der Waals surface area contributed by atoms with Crippen LogP contribution in [0.1, 0.15) is 13.3 Å². The molecule has 9 heteroatoms. The highest BCUT2D eigenvalue weighted by Gasteiger charge is 2.24. The van der Waals surface area contributed by atoms with Crippen molar-refractivity contribution in [1.29, 1.82) is 0 Å². The average molecular weight is 387 g/mol. The summed E-state index contributed by atoms with van der Waals surface area (Å²) < 4.78 is 21.5. The zero-order valence-corrected chi connectivity index (χ0v) is 16.1. The van der Waals surface area contributed by atoms with Gasteiger partial charge in [0.15, 0.2) is 17.2 Å². The Morgan fingerprint density at radius 1 is 1.04 bits per heavy atom. The number of aromatic amines is 1. The number of hydrogen-bond acceptors (Lipinski definition) is 7. The molecule has 0 bridgehead atoms. The van der Waals surface area contributed by atoms with E-state index in [1.54, 1.807) is 32.4 Å². The molecule has 148 valence electrons. The van der Waals surface area contributed by atoms with Crippen molar-refractivity contribution in [2.24, 2.45) is 0 Å². The summed E-state index contributed by atoms with van der Waals surface area (Å²) in [7, 11) is 4.53. The Morgan fingerprint density at radius 2 is 1.71 bits per heavy atom. The number of methoxy groups -OCH3 is 3. The standard InChI is InChI=1S/C19H21N3O6/c1-5-6-28-18-14(22(23)24)7-11(8-17(18)27-4)19-20-12-9-15(25-2)16(26-3)10-13(12)21-19/h7-10H,5-6H2,1-4H3,(H,20,21). The van der Waals surface area contributed by atoms with Gasteiger partial charge in [-0.15, -0.1) is 0 Å². The minimum absolute atomic E-state index is 0.109. The van der Waals surface area contributed by atoms with Crippen molar-refractivity contribution in [3.05, 3.63) is 34.4 Å². The first-order chi connectivity index (χ1) is 13.5. The minimum Gasteiger partial charge on any atom is -0.493 e. The summed E-state index contributed by atoms with van der Waals surface area (Å²) in [5, 5.41) is 11.6. The van der Waals surface area contributed by atoms with Crippen LogP contribution < -0.4 is 18.9 Å². The third-order valence-electron chi connectivity index (χ3n) is 4.16. The maximum absolute atomic E-state index is 11.6. The molecule has 0 radical (unpaired) electrons. The van der Waals surface area contributed by atoms with Crippen molar-refractivity contribution in [3.63, 3.8) is 0 Å². The Hall–Kier alpha value is -3.49. The fraction of sp³-hybridized carbons (Fsp3) is 0.316. The highest BCUT2D eigenvalue weighted by molar-refractivity contribution is 5.84. The molecule has 0 aliphatic heterocycles. The molecule has 0 saturated carbocycles. The lowest BCUT2D eigenvalue weighted by molar-refractivity contribution is -0.385. The van der Waals surface area contributed by atoms with Crippen LogP contribution in [0.25, 0.3) is 22.4 Å². The van der Waals surface area contributed by atoms with Crippen molar-refractivity contribution in [3.8, 4) is 34.4 Å². The Bertz CT molecular complexity index is 974. The third kappa shape index (κ3) is 3.51. The first kappa shape index (κ1) is 19.3. The van der Waals surface area contributed by atoms with Gasteiger partial charge < -0.3 is 23.9 Å². The Balaban J connectivity index is 2.14. The average Bonchev–Trinajstić information content (AvgIpc) is 3.13. The van der Waals surface area contributed by atoms with Crippen molar-refractivity contribution >= 4 is 16.7 Å². The lowest BCUT2D eigenvalue weighted by Gasteiger charge is -2.11. The molecule has 0 amide bonds. The zero-order valence-electron chi connectivity index (χ0n) is 16.1. The molecular formula is C19H21N3O6. The molecule has 28 heavy (non-hydrogen) atoms. The molecule has 2 aromatic carbocycles. The van der Waals surface area contributed by atoms with Gasteiger partial charge in [0.2, 0.25) is 5.75 Å². The fourth-order valence-corrected chi connectivity index (χ4v) is 2.83. The smallest absolute Gasteiger partial charge is 0.315 e. The summed E-state index contributed by atoms with van der Waals surface area (Å²) in [6.07, 6.45) is 0.718. The van der Waals surface area contributed by atoms with E-state index in [0.29, 0.717) is 40.5 Å². The van der Waals surface area contributed by atoms with E-state index in [9.17, 15) is 10.1 Å². The van der Waals surface area contributed by atoms with Gasteiger partial charge in [0, 0.05) is 23.8 Å². The van der Waals surface area contributed by atoms with Crippen LogP contribution in [0.2, 0.25) is 0 Å². The number of aromatic nitrogens is 2. The van der Waals surface area contributed by atoms with Crippen molar-refractivity contribution in [2.75, 3.05) is 27.9 Å². The third-order valence-corrected chi connectivity index (χ3v) is 4.16. The fourth-order valence-electron chi connectivity index (χ4n) is 2.83. The summed E-state index contributed by atoms with van der Waals surface area (Å²) in [6.45, 7) is 2.27. The molecule has 1 heterocycles. The number of nitrogens with zero attached hydrogens (tertiary/aromatic N) is 2. The SMILES string of the molecule is CCCOc1c(OC)cc(-c2nc3cc(OC)c(OC)cc3[nH]2)cc1[N+](=O)[O-]. The number of imidazole rings is 1. The number of ether oxygens (including phenoxy) is 4. The van der Waals surface area contributed by atoms with Crippen LogP contribution in [0.4, 0.5) is 5.69 Å². The summed E-state index contributed by atoms with van der Waals surface area (Å²) in [4.78, 5) is 18.8. The van der Waals surface area contributed by atoms with E-state index in [1.165, 1.54) is 13.2 Å². The van der Waals surface area contributed by atoms with E-state index in [0.717, 1.165) is 6.42 Å². The minimum atomic E-state index is -0.494. The van der Waals surface area contributed by atoms with Crippen LogP contribution in [-0.4, -0.2) is 42.8 Å². The van der Waals surface area contributed by atoms with E-state index in [1.807, 2.05) is 6.92 Å². The van der Waals surface area contributed by atoms with Crippen LogP contribution in [-0.2, 0) is 0 Å². The molecular weight excluding hydrogens is 366 g/mol. The van der Waals surface area contributed by atoms with Crippen LogP contribution in [0, 0.1) is 10.1 Å². The number of benzene rings is 2. The molecule has 1 aromatic heterocycles. The van der Waals surface area contributed by atoms with Gasteiger partial charge in [-0.3, -0.25) is 10.1 Å². The van der Waals surface area contributed by atoms with E-state index in [4.69, 9.17) is 18.9 Å². The predicted octanol–water partition coefficient (Wildman–Crippen LogP) is 3.95. The number of rotatable bonds is 8. The van der Waals surface area contributed by atoms with Gasteiger partial charge >= 0.3 is 5.69 Å². The number of fused-ring (bicyclic) bond motifs is 1. The number of H-pyrrole nitrogens is 1. The van der Waals surface area contributed by atoms with E-state index < -0.39 is 4.92 Å². The predicted molar refractivity (Wildman–Crippen MR) is 104 cm³/mol. The second kappa shape index (κ2) is 8.03. The van der Waals surface area contributed by atoms with E-state index >= 15 is 0 Å². The monoisotopic (exact) mass is 387 g/mol. The normalized spacial score (nSPS) is 10.7. The molecule has 0 atom stereocenters. The number of hydrogen-bond donors (Lipinski definition) is 1. The van der Waals surface area contributed by atoms with E-state index in [-0.39, 0.29) is 17.2 Å². The van der Waals surface area contributed by atoms with Gasteiger partial charge in [0.05, 0.1) is 43.9 Å². The van der Waals surface area contributed by atoms with Crippen molar-refractivity contribution < 1.29 is 23.9 Å². The van der Waals surface area contributed by atoms with Gasteiger partial charge in [-0.05, 0) is 12.5 Å². The van der Waals surface area contributed by atoms with Crippen LogP contribution in [0.5, 0.6) is 23.0 Å². The molecule has 0 fully saturated rings. The topological polar surface area (TPSA) is 109 Å². The summed E-state index contributed by atoms with van der Waals surface area (Å²) in [6, 6.07) is 6.57. The summed E-state index contributed by atoms with van der Waals surface area (Å²) in [5.74, 6) is 1.93. The zero-order chi connectivity index (χ0) is 20.3. The van der Waals surface area contributed by atoms with Gasteiger partial charge in [0.1, 0.15) is 5.82 Å². The van der Waals surface area contributed by atoms with Gasteiger partial charge in [-0.2, -0.15) is 0 Å². The maximum atomic E-state index is 11.6. The summed E-state index contributed by atoms with van der Waals surface area (Å²) >= 11 is 0. The van der Waals surface area contributed by atoms with Crippen molar-refractivity contribution in [2.45, 2.75) is 13.3 Å².